The summed E-state index contributed by atoms with van der Waals surface area (Å²) in [5.41, 5.74) is 4.36. The van der Waals surface area contributed by atoms with E-state index in [9.17, 15) is 0 Å². The van der Waals surface area contributed by atoms with Crippen molar-refractivity contribution >= 4 is 0 Å². The maximum Gasteiger partial charge on any atom is 0.0894 e. The quantitative estimate of drug-likeness (QED) is 0.431. The standard InChI is InChI=1S/C15H11N3.C6H7NO.Pt/c1-3-10-16-12(6-1)14-8-5-9-15(18-14)13-7-2-4-11-17-13;8-5-6-1-3-7-4-2-6;/h1-11H;1-4,8H,5H2;. The molecule has 0 amide bonds. The van der Waals surface area contributed by atoms with Crippen LogP contribution < -0.4 is 0 Å². The second-order valence-corrected chi connectivity index (χ2v) is 5.35. The van der Waals surface area contributed by atoms with Crippen molar-refractivity contribution in [3.8, 4) is 22.8 Å². The van der Waals surface area contributed by atoms with Crippen molar-refractivity contribution in [3.63, 3.8) is 0 Å². The minimum Gasteiger partial charge on any atom is -0.392 e. The van der Waals surface area contributed by atoms with Gasteiger partial charge in [0, 0.05) is 45.9 Å². The molecule has 0 unspecified atom stereocenters. The molecular formula is C21H18N4OPt. The Kier molecular flexibility index (Phi) is 8.43. The smallest absolute Gasteiger partial charge is 0.0894 e. The first-order chi connectivity index (χ1) is 12.9. The number of aliphatic hydroxyl groups excluding tert-OH is 1. The first-order valence-electron chi connectivity index (χ1n) is 8.16. The largest absolute Gasteiger partial charge is 0.392 e. The Labute approximate surface area is 172 Å². The Bertz CT molecular complexity index is 867. The molecule has 6 heteroatoms. The van der Waals surface area contributed by atoms with Crippen LogP contribution in [-0.2, 0) is 27.7 Å². The third-order valence-electron chi connectivity index (χ3n) is 3.54. The molecule has 0 spiro atoms. The third-order valence-corrected chi connectivity index (χ3v) is 3.54. The van der Waals surface area contributed by atoms with E-state index in [-0.39, 0.29) is 27.7 Å². The van der Waals surface area contributed by atoms with E-state index in [1.807, 2.05) is 54.6 Å². The summed E-state index contributed by atoms with van der Waals surface area (Å²) in [5.74, 6) is 0. The fourth-order valence-corrected chi connectivity index (χ4v) is 2.24. The average molecular weight is 537 g/mol. The topological polar surface area (TPSA) is 71.8 Å². The van der Waals surface area contributed by atoms with Crippen LogP contribution in [0.5, 0.6) is 0 Å². The van der Waals surface area contributed by atoms with Gasteiger partial charge in [-0.1, -0.05) is 18.2 Å². The van der Waals surface area contributed by atoms with Crippen molar-refractivity contribution in [2.24, 2.45) is 0 Å². The predicted octanol–water partition coefficient (Wildman–Crippen LogP) is 3.78. The van der Waals surface area contributed by atoms with Gasteiger partial charge in [0.25, 0.3) is 0 Å². The number of pyridine rings is 4. The van der Waals surface area contributed by atoms with Gasteiger partial charge in [0.1, 0.15) is 0 Å². The van der Waals surface area contributed by atoms with E-state index in [1.165, 1.54) is 0 Å². The van der Waals surface area contributed by atoms with Gasteiger partial charge < -0.3 is 5.11 Å². The van der Waals surface area contributed by atoms with E-state index in [2.05, 4.69) is 19.9 Å². The summed E-state index contributed by atoms with van der Waals surface area (Å²) in [7, 11) is 0. The molecule has 138 valence electrons. The molecule has 1 N–H and O–H groups in total. The first-order valence-corrected chi connectivity index (χ1v) is 8.16. The molecule has 0 bridgehead atoms. The van der Waals surface area contributed by atoms with Crippen molar-refractivity contribution in [3.05, 3.63) is 97.1 Å². The molecule has 4 aromatic heterocycles. The Morgan fingerprint density at radius 2 is 1.11 bits per heavy atom. The minimum absolute atomic E-state index is 0. The Hall–Kier alpha value is -2.75. The van der Waals surface area contributed by atoms with Gasteiger partial charge >= 0.3 is 0 Å². The molecule has 5 nitrogen and oxygen atoms in total. The van der Waals surface area contributed by atoms with Crippen LogP contribution in [0.25, 0.3) is 22.8 Å². The van der Waals surface area contributed by atoms with Crippen LogP contribution in [0.15, 0.2) is 91.5 Å². The number of hydrogen-bond acceptors (Lipinski definition) is 5. The van der Waals surface area contributed by atoms with Gasteiger partial charge in [-0.05, 0) is 54.1 Å². The molecule has 0 aliphatic carbocycles. The summed E-state index contributed by atoms with van der Waals surface area (Å²) in [6, 6.07) is 21.0. The molecule has 0 fully saturated rings. The Morgan fingerprint density at radius 1 is 0.593 bits per heavy atom. The van der Waals surface area contributed by atoms with Crippen molar-refractivity contribution in [1.29, 1.82) is 0 Å². The van der Waals surface area contributed by atoms with Crippen LogP contribution in [0, 0.1) is 0 Å². The van der Waals surface area contributed by atoms with Crippen LogP contribution in [0.1, 0.15) is 5.56 Å². The van der Waals surface area contributed by atoms with Crippen LogP contribution in [0.3, 0.4) is 0 Å². The fraction of sp³-hybridized carbons (Fsp3) is 0.0476. The van der Waals surface area contributed by atoms with Crippen molar-refractivity contribution < 1.29 is 26.2 Å². The molecule has 0 atom stereocenters. The monoisotopic (exact) mass is 537 g/mol. The van der Waals surface area contributed by atoms with Crippen LogP contribution in [0.2, 0.25) is 0 Å². The van der Waals surface area contributed by atoms with Gasteiger partial charge in [-0.3, -0.25) is 15.0 Å². The zero-order valence-corrected chi connectivity index (χ0v) is 16.7. The van der Waals surface area contributed by atoms with E-state index in [0.717, 1.165) is 28.3 Å². The molecule has 4 rings (SSSR count). The van der Waals surface area contributed by atoms with Crippen LogP contribution >= 0.6 is 0 Å². The van der Waals surface area contributed by atoms with E-state index < -0.39 is 0 Å². The predicted molar refractivity (Wildman–Crippen MR) is 101 cm³/mol. The number of aromatic nitrogens is 4. The van der Waals surface area contributed by atoms with Gasteiger partial charge in [-0.15, -0.1) is 0 Å². The molecule has 0 saturated heterocycles. The number of rotatable bonds is 3. The Morgan fingerprint density at radius 3 is 1.52 bits per heavy atom. The van der Waals surface area contributed by atoms with E-state index in [4.69, 9.17) is 5.11 Å². The first kappa shape index (κ1) is 20.6. The second kappa shape index (κ2) is 11.1. The SMILES string of the molecule is OCc1ccncc1.[Pt].c1ccc(-c2cccc(-c3ccccn3)n2)nc1. The maximum absolute atomic E-state index is 8.51. The molecule has 0 aliphatic rings. The van der Waals surface area contributed by atoms with Crippen LogP contribution in [-0.4, -0.2) is 25.0 Å². The Balaban J connectivity index is 0.000000247. The normalized spacial score (nSPS) is 9.52. The molecule has 0 radical (unpaired) electrons. The molecule has 0 saturated carbocycles. The molecule has 4 heterocycles. The number of aliphatic hydroxyl groups is 1. The molecule has 4 aromatic rings. The summed E-state index contributed by atoms with van der Waals surface area (Å²) in [4.78, 5) is 17.0. The van der Waals surface area contributed by atoms with Gasteiger partial charge in [-0.25, -0.2) is 4.98 Å². The van der Waals surface area contributed by atoms with Gasteiger partial charge in [0.15, 0.2) is 0 Å². The average Bonchev–Trinajstić information content (AvgIpc) is 2.76. The zero-order valence-electron chi connectivity index (χ0n) is 14.4. The van der Waals surface area contributed by atoms with Crippen molar-refractivity contribution in [2.75, 3.05) is 0 Å². The molecule has 27 heavy (non-hydrogen) atoms. The fourth-order valence-electron chi connectivity index (χ4n) is 2.24. The van der Waals surface area contributed by atoms with Gasteiger partial charge in [0.05, 0.1) is 29.4 Å². The van der Waals surface area contributed by atoms with E-state index >= 15 is 0 Å². The molecular weight excluding hydrogens is 519 g/mol. The number of hydrogen-bond donors (Lipinski definition) is 1. The van der Waals surface area contributed by atoms with E-state index in [1.54, 1.807) is 36.9 Å². The van der Waals surface area contributed by atoms with Crippen molar-refractivity contribution in [1.82, 2.24) is 19.9 Å². The van der Waals surface area contributed by atoms with Gasteiger partial charge in [-0.2, -0.15) is 0 Å². The summed E-state index contributed by atoms with van der Waals surface area (Å²) in [6.07, 6.45) is 6.85. The molecule has 0 aromatic carbocycles. The van der Waals surface area contributed by atoms with E-state index in [0.29, 0.717) is 0 Å². The summed E-state index contributed by atoms with van der Waals surface area (Å²) in [5, 5.41) is 8.51. The maximum atomic E-state index is 8.51. The molecule has 0 aliphatic heterocycles. The summed E-state index contributed by atoms with van der Waals surface area (Å²) in [6.45, 7) is 0.0997. The second-order valence-electron chi connectivity index (χ2n) is 5.35. The number of nitrogens with zero attached hydrogens (tertiary/aromatic N) is 4. The minimum atomic E-state index is 0. The van der Waals surface area contributed by atoms with Crippen molar-refractivity contribution in [2.45, 2.75) is 6.61 Å². The van der Waals surface area contributed by atoms with Gasteiger partial charge in [0.2, 0.25) is 0 Å². The van der Waals surface area contributed by atoms with Crippen LogP contribution in [0.4, 0.5) is 0 Å². The summed E-state index contributed by atoms with van der Waals surface area (Å²) < 4.78 is 0. The third kappa shape index (κ3) is 6.17. The zero-order chi connectivity index (χ0) is 18.0. The summed E-state index contributed by atoms with van der Waals surface area (Å²) >= 11 is 0.